The van der Waals surface area contributed by atoms with Crippen LogP contribution in [0.25, 0.3) is 10.9 Å². The maximum absolute atomic E-state index is 11.5. The Hall–Kier alpha value is -2.14. The molecule has 1 fully saturated rings. The number of aromatic carboxylic acids is 1. The minimum atomic E-state index is -0.940. The molecule has 0 amide bonds. The predicted molar refractivity (Wildman–Crippen MR) is 75.2 cm³/mol. The molecule has 3 rings (SSSR count). The van der Waals surface area contributed by atoms with Crippen molar-refractivity contribution in [2.45, 2.75) is 18.9 Å². The molecule has 5 heteroatoms. The molecule has 1 aliphatic heterocycles. The van der Waals surface area contributed by atoms with Crippen LogP contribution in [0.5, 0.6) is 5.75 Å². The summed E-state index contributed by atoms with van der Waals surface area (Å²) in [6.45, 7) is 0.943. The molecule has 0 bridgehead atoms. The zero-order valence-electron chi connectivity index (χ0n) is 11.2. The first kappa shape index (κ1) is 12.9. The standard InChI is InChI=1S/C15H16N2O3/c1-20-13-6-2-4-9-10(15(18)19)8-12(17-14(9)13)11-5-3-7-16-11/h2,4,6,8,11,16H,3,5,7H2,1H3,(H,18,19). The Bertz CT molecular complexity index is 663. The molecule has 1 aliphatic rings. The topological polar surface area (TPSA) is 71.5 Å². The van der Waals surface area contributed by atoms with Crippen molar-refractivity contribution in [2.24, 2.45) is 0 Å². The molecular formula is C15H16N2O3. The molecule has 2 aromatic rings. The lowest BCUT2D eigenvalue weighted by Gasteiger charge is -2.14. The van der Waals surface area contributed by atoms with E-state index < -0.39 is 5.97 Å². The van der Waals surface area contributed by atoms with Gasteiger partial charge in [0, 0.05) is 11.4 Å². The molecular weight excluding hydrogens is 256 g/mol. The number of carboxylic acids is 1. The lowest BCUT2D eigenvalue weighted by molar-refractivity contribution is 0.0699. The maximum Gasteiger partial charge on any atom is 0.336 e. The number of nitrogens with zero attached hydrogens (tertiary/aromatic N) is 1. The molecule has 1 unspecified atom stereocenters. The molecule has 104 valence electrons. The van der Waals surface area contributed by atoms with Gasteiger partial charge in [0.25, 0.3) is 0 Å². The third kappa shape index (κ3) is 2.10. The zero-order valence-corrected chi connectivity index (χ0v) is 11.2. The van der Waals surface area contributed by atoms with Crippen molar-refractivity contribution in [3.63, 3.8) is 0 Å². The van der Waals surface area contributed by atoms with Crippen molar-refractivity contribution in [1.29, 1.82) is 0 Å². The predicted octanol–water partition coefficient (Wildman–Crippen LogP) is 2.37. The molecule has 0 radical (unpaired) electrons. The van der Waals surface area contributed by atoms with Crippen LogP contribution in [0.2, 0.25) is 0 Å². The average molecular weight is 272 g/mol. The van der Waals surface area contributed by atoms with Crippen LogP contribution in [-0.2, 0) is 0 Å². The highest BCUT2D eigenvalue weighted by Crippen LogP contribution is 2.30. The summed E-state index contributed by atoms with van der Waals surface area (Å²) in [5, 5.41) is 13.4. The fourth-order valence-corrected chi connectivity index (χ4v) is 2.70. The summed E-state index contributed by atoms with van der Waals surface area (Å²) in [5.74, 6) is -0.338. The summed E-state index contributed by atoms with van der Waals surface area (Å²) in [4.78, 5) is 16.1. The van der Waals surface area contributed by atoms with Crippen LogP contribution in [0.4, 0.5) is 0 Å². The van der Waals surface area contributed by atoms with Crippen LogP contribution < -0.4 is 10.1 Å². The molecule has 1 aromatic heterocycles. The summed E-state index contributed by atoms with van der Waals surface area (Å²) in [7, 11) is 1.57. The molecule has 2 N–H and O–H groups in total. The second kappa shape index (κ2) is 5.09. The number of rotatable bonds is 3. The fraction of sp³-hybridized carbons (Fsp3) is 0.333. The molecule has 0 aliphatic carbocycles. The van der Waals surface area contributed by atoms with Gasteiger partial charge in [-0.25, -0.2) is 9.78 Å². The highest BCUT2D eigenvalue weighted by Gasteiger charge is 2.21. The lowest BCUT2D eigenvalue weighted by atomic mass is 10.0. The van der Waals surface area contributed by atoms with Gasteiger partial charge >= 0.3 is 5.97 Å². The van der Waals surface area contributed by atoms with Gasteiger partial charge in [0.15, 0.2) is 0 Å². The fourth-order valence-electron chi connectivity index (χ4n) is 2.70. The van der Waals surface area contributed by atoms with E-state index >= 15 is 0 Å². The van der Waals surface area contributed by atoms with E-state index in [4.69, 9.17) is 4.74 Å². The summed E-state index contributed by atoms with van der Waals surface area (Å²) >= 11 is 0. The van der Waals surface area contributed by atoms with E-state index in [-0.39, 0.29) is 11.6 Å². The summed E-state index contributed by atoms with van der Waals surface area (Å²) in [5.41, 5.74) is 1.66. The third-order valence-electron chi connectivity index (χ3n) is 3.69. The SMILES string of the molecule is COc1cccc2c(C(=O)O)cc(C3CCCN3)nc12. The van der Waals surface area contributed by atoms with Crippen molar-refractivity contribution in [3.8, 4) is 5.75 Å². The van der Waals surface area contributed by atoms with Crippen LogP contribution in [-0.4, -0.2) is 29.7 Å². The van der Waals surface area contributed by atoms with Gasteiger partial charge in [-0.3, -0.25) is 0 Å². The van der Waals surface area contributed by atoms with E-state index in [0.29, 0.717) is 16.7 Å². The Morgan fingerprint density at radius 1 is 1.50 bits per heavy atom. The molecule has 2 heterocycles. The van der Waals surface area contributed by atoms with Crippen LogP contribution in [0.3, 0.4) is 0 Å². The number of para-hydroxylation sites is 1. The van der Waals surface area contributed by atoms with Crippen molar-refractivity contribution in [2.75, 3.05) is 13.7 Å². The smallest absolute Gasteiger partial charge is 0.336 e. The Balaban J connectivity index is 2.25. The number of ether oxygens (including phenoxy) is 1. The average Bonchev–Trinajstić information content (AvgIpc) is 2.99. The van der Waals surface area contributed by atoms with E-state index in [1.165, 1.54) is 0 Å². The Morgan fingerprint density at radius 2 is 2.35 bits per heavy atom. The summed E-state index contributed by atoms with van der Waals surface area (Å²) < 4.78 is 5.30. The summed E-state index contributed by atoms with van der Waals surface area (Å²) in [6.07, 6.45) is 2.06. The van der Waals surface area contributed by atoms with Crippen LogP contribution in [0.15, 0.2) is 24.3 Å². The highest BCUT2D eigenvalue weighted by molar-refractivity contribution is 6.04. The molecule has 20 heavy (non-hydrogen) atoms. The maximum atomic E-state index is 11.5. The quantitative estimate of drug-likeness (QED) is 0.897. The summed E-state index contributed by atoms with van der Waals surface area (Å²) in [6, 6.07) is 7.14. The number of hydrogen-bond donors (Lipinski definition) is 2. The number of carboxylic acid groups (broad SMARTS) is 1. The van der Waals surface area contributed by atoms with Crippen LogP contribution in [0.1, 0.15) is 34.9 Å². The van der Waals surface area contributed by atoms with Crippen molar-refractivity contribution >= 4 is 16.9 Å². The Kier molecular flexibility index (Phi) is 3.28. The number of carbonyl (C=O) groups is 1. The van der Waals surface area contributed by atoms with Crippen LogP contribution in [0, 0.1) is 0 Å². The van der Waals surface area contributed by atoms with Gasteiger partial charge in [-0.15, -0.1) is 0 Å². The zero-order chi connectivity index (χ0) is 14.1. The monoisotopic (exact) mass is 272 g/mol. The van der Waals surface area contributed by atoms with Gasteiger partial charge in [0.05, 0.1) is 18.4 Å². The third-order valence-corrected chi connectivity index (χ3v) is 3.69. The number of methoxy groups -OCH3 is 1. The van der Waals surface area contributed by atoms with Gasteiger partial charge < -0.3 is 15.2 Å². The second-order valence-electron chi connectivity index (χ2n) is 4.91. The molecule has 0 spiro atoms. The first-order chi connectivity index (χ1) is 9.70. The van der Waals surface area contributed by atoms with Gasteiger partial charge in [0.2, 0.25) is 0 Å². The number of hydrogen-bond acceptors (Lipinski definition) is 4. The van der Waals surface area contributed by atoms with E-state index in [1.54, 1.807) is 31.4 Å². The Labute approximate surface area is 116 Å². The lowest BCUT2D eigenvalue weighted by Crippen LogP contribution is -2.15. The van der Waals surface area contributed by atoms with Crippen molar-refractivity contribution in [3.05, 3.63) is 35.5 Å². The minimum absolute atomic E-state index is 0.127. The largest absolute Gasteiger partial charge is 0.494 e. The molecule has 5 nitrogen and oxygen atoms in total. The van der Waals surface area contributed by atoms with Crippen molar-refractivity contribution < 1.29 is 14.6 Å². The van der Waals surface area contributed by atoms with Gasteiger partial charge in [-0.05, 0) is 31.5 Å². The molecule has 1 saturated heterocycles. The number of nitrogens with one attached hydrogen (secondary N) is 1. The number of benzene rings is 1. The van der Waals surface area contributed by atoms with E-state index in [9.17, 15) is 9.90 Å². The van der Waals surface area contributed by atoms with E-state index in [1.807, 2.05) is 0 Å². The first-order valence-electron chi connectivity index (χ1n) is 6.65. The molecule has 0 saturated carbocycles. The van der Waals surface area contributed by atoms with E-state index in [2.05, 4.69) is 10.3 Å². The minimum Gasteiger partial charge on any atom is -0.494 e. The molecule has 1 atom stereocenters. The first-order valence-corrected chi connectivity index (χ1v) is 6.65. The number of pyridine rings is 1. The number of aromatic nitrogens is 1. The van der Waals surface area contributed by atoms with Gasteiger partial charge in [0.1, 0.15) is 11.3 Å². The van der Waals surface area contributed by atoms with Crippen molar-refractivity contribution in [1.82, 2.24) is 10.3 Å². The highest BCUT2D eigenvalue weighted by atomic mass is 16.5. The van der Waals surface area contributed by atoms with Gasteiger partial charge in [-0.1, -0.05) is 12.1 Å². The van der Waals surface area contributed by atoms with Gasteiger partial charge in [-0.2, -0.15) is 0 Å². The number of fused-ring (bicyclic) bond motifs is 1. The Morgan fingerprint density at radius 3 is 3.00 bits per heavy atom. The van der Waals surface area contributed by atoms with E-state index in [0.717, 1.165) is 25.1 Å². The normalized spacial score (nSPS) is 18.4. The molecule has 1 aromatic carbocycles. The second-order valence-corrected chi connectivity index (χ2v) is 4.91. The van der Waals surface area contributed by atoms with Crippen LogP contribution >= 0.6 is 0 Å².